The normalized spacial score (nSPS) is 15.6. The van der Waals surface area contributed by atoms with Gasteiger partial charge in [0, 0.05) is 23.4 Å². The van der Waals surface area contributed by atoms with Gasteiger partial charge in [0.25, 0.3) is 11.1 Å². The molecule has 1 aromatic heterocycles. The maximum atomic E-state index is 12.8. The standard InChI is InChI=1S/C25H18N2O8S/c1-13-16(3-2-4-17(13)24(30)31)18-8-6-15(35-18)10-21-23(29)27(25(32)36-21)11-22(28)26-14-5-7-19-20(9-14)34-12-33-19/h2-10H,11-12H2,1H3,(H,26,28)(H,30,31)/b21-10-. The monoisotopic (exact) mass is 506 g/mol. The Bertz CT molecular complexity index is 1460. The van der Waals surface area contributed by atoms with E-state index in [1.807, 2.05) is 0 Å². The SMILES string of the molecule is Cc1c(C(=O)O)cccc1-c1ccc(/C=C2\SC(=O)N(CC(=O)Nc3ccc4c(c3)OCO4)C2=O)o1. The van der Waals surface area contributed by atoms with E-state index in [-0.39, 0.29) is 17.3 Å². The molecule has 0 unspecified atom stereocenters. The Morgan fingerprint density at radius 2 is 1.92 bits per heavy atom. The van der Waals surface area contributed by atoms with Crippen molar-refractivity contribution in [1.29, 1.82) is 0 Å². The second-order valence-corrected chi connectivity index (χ2v) is 8.86. The Morgan fingerprint density at radius 1 is 1.11 bits per heavy atom. The summed E-state index contributed by atoms with van der Waals surface area (Å²) in [5, 5.41) is 11.4. The fourth-order valence-corrected chi connectivity index (χ4v) is 4.61. The predicted octanol–water partition coefficient (Wildman–Crippen LogP) is 4.36. The maximum Gasteiger partial charge on any atom is 0.335 e. The number of carbonyl (C=O) groups excluding carboxylic acids is 3. The number of fused-ring (bicyclic) bond motifs is 1. The summed E-state index contributed by atoms with van der Waals surface area (Å²) in [6.07, 6.45) is 1.42. The van der Waals surface area contributed by atoms with Crippen molar-refractivity contribution in [2.24, 2.45) is 0 Å². The van der Waals surface area contributed by atoms with E-state index in [1.165, 1.54) is 12.1 Å². The predicted molar refractivity (Wildman–Crippen MR) is 130 cm³/mol. The zero-order valence-electron chi connectivity index (χ0n) is 18.8. The second kappa shape index (κ2) is 9.27. The lowest BCUT2D eigenvalue weighted by molar-refractivity contribution is -0.127. The van der Waals surface area contributed by atoms with Crippen LogP contribution in [0.3, 0.4) is 0 Å². The van der Waals surface area contributed by atoms with Gasteiger partial charge in [0.2, 0.25) is 12.7 Å². The largest absolute Gasteiger partial charge is 0.478 e. The van der Waals surface area contributed by atoms with Gasteiger partial charge in [-0.25, -0.2) is 4.79 Å². The number of rotatable bonds is 6. The summed E-state index contributed by atoms with van der Waals surface area (Å²) in [5.74, 6) is -0.430. The highest BCUT2D eigenvalue weighted by atomic mass is 32.2. The van der Waals surface area contributed by atoms with E-state index >= 15 is 0 Å². The maximum absolute atomic E-state index is 12.8. The summed E-state index contributed by atoms with van der Waals surface area (Å²) in [7, 11) is 0. The lowest BCUT2D eigenvalue weighted by Crippen LogP contribution is -2.36. The van der Waals surface area contributed by atoms with Gasteiger partial charge in [-0.3, -0.25) is 19.3 Å². The average molecular weight is 506 g/mol. The number of carbonyl (C=O) groups is 4. The van der Waals surface area contributed by atoms with Gasteiger partial charge in [0.1, 0.15) is 18.1 Å². The minimum absolute atomic E-state index is 0.0986. The zero-order valence-corrected chi connectivity index (χ0v) is 19.6. The van der Waals surface area contributed by atoms with Crippen molar-refractivity contribution in [3.8, 4) is 22.8 Å². The Hall–Kier alpha value is -4.51. The molecule has 2 aliphatic heterocycles. The van der Waals surface area contributed by atoms with Crippen molar-refractivity contribution in [3.63, 3.8) is 0 Å². The summed E-state index contributed by atoms with van der Waals surface area (Å²) < 4.78 is 16.3. The van der Waals surface area contributed by atoms with Crippen LogP contribution in [0, 0.1) is 6.92 Å². The third-order valence-electron chi connectivity index (χ3n) is 5.56. The first-order valence-corrected chi connectivity index (χ1v) is 11.5. The molecule has 11 heteroatoms. The summed E-state index contributed by atoms with van der Waals surface area (Å²) in [6, 6.07) is 13.0. The van der Waals surface area contributed by atoms with Gasteiger partial charge in [-0.15, -0.1) is 0 Å². The van der Waals surface area contributed by atoms with E-state index in [0.29, 0.717) is 51.6 Å². The Kier molecular flexibility index (Phi) is 5.98. The third kappa shape index (κ3) is 4.43. The van der Waals surface area contributed by atoms with E-state index in [1.54, 1.807) is 49.4 Å². The molecule has 0 saturated carbocycles. The van der Waals surface area contributed by atoms with Crippen LogP contribution < -0.4 is 14.8 Å². The smallest absolute Gasteiger partial charge is 0.335 e. The molecule has 3 heterocycles. The number of benzene rings is 2. The van der Waals surface area contributed by atoms with E-state index in [2.05, 4.69) is 5.32 Å². The number of nitrogens with one attached hydrogen (secondary N) is 1. The van der Waals surface area contributed by atoms with Crippen molar-refractivity contribution in [1.82, 2.24) is 4.90 Å². The molecule has 0 atom stereocenters. The highest BCUT2D eigenvalue weighted by Gasteiger charge is 2.36. The Morgan fingerprint density at radius 3 is 2.72 bits per heavy atom. The summed E-state index contributed by atoms with van der Waals surface area (Å²) in [6.45, 7) is 1.32. The number of carboxylic acids is 1. The number of amides is 3. The molecule has 0 spiro atoms. The average Bonchev–Trinajstić information content (AvgIpc) is 3.56. The van der Waals surface area contributed by atoms with Crippen LogP contribution in [0.1, 0.15) is 21.7 Å². The molecule has 5 rings (SSSR count). The van der Waals surface area contributed by atoms with Gasteiger partial charge in [0.15, 0.2) is 11.5 Å². The van der Waals surface area contributed by atoms with Crippen LogP contribution in [0.25, 0.3) is 17.4 Å². The lowest BCUT2D eigenvalue weighted by atomic mass is 10.0. The Balaban J connectivity index is 1.28. The van der Waals surface area contributed by atoms with Crippen LogP contribution in [0.4, 0.5) is 10.5 Å². The molecular weight excluding hydrogens is 488 g/mol. The molecule has 3 aromatic rings. The van der Waals surface area contributed by atoms with Crippen LogP contribution >= 0.6 is 11.8 Å². The topological polar surface area (TPSA) is 135 Å². The molecule has 10 nitrogen and oxygen atoms in total. The zero-order chi connectivity index (χ0) is 25.4. The van der Waals surface area contributed by atoms with Gasteiger partial charge in [-0.05, 0) is 54.6 Å². The van der Waals surface area contributed by atoms with Crippen molar-refractivity contribution in [2.45, 2.75) is 6.92 Å². The van der Waals surface area contributed by atoms with E-state index in [4.69, 9.17) is 13.9 Å². The molecule has 182 valence electrons. The van der Waals surface area contributed by atoms with Crippen LogP contribution in [0.5, 0.6) is 11.5 Å². The molecule has 1 saturated heterocycles. The summed E-state index contributed by atoms with van der Waals surface area (Å²) in [5.41, 5.74) is 1.74. The van der Waals surface area contributed by atoms with Gasteiger partial charge in [-0.2, -0.15) is 0 Å². The molecule has 2 aromatic carbocycles. The van der Waals surface area contributed by atoms with E-state index < -0.39 is 29.6 Å². The number of hydrogen-bond acceptors (Lipinski definition) is 8. The molecule has 2 N–H and O–H groups in total. The summed E-state index contributed by atoms with van der Waals surface area (Å²) in [4.78, 5) is 50.1. The molecule has 2 aliphatic rings. The number of ether oxygens (including phenoxy) is 2. The number of carboxylic acid groups (broad SMARTS) is 1. The van der Waals surface area contributed by atoms with Crippen molar-refractivity contribution in [2.75, 3.05) is 18.7 Å². The number of nitrogens with zero attached hydrogens (tertiary/aromatic N) is 1. The molecule has 0 bridgehead atoms. The van der Waals surface area contributed by atoms with Gasteiger partial charge < -0.3 is 24.3 Å². The highest BCUT2D eigenvalue weighted by Crippen LogP contribution is 2.35. The lowest BCUT2D eigenvalue weighted by Gasteiger charge is -2.12. The number of thioether (sulfide) groups is 1. The first kappa shape index (κ1) is 23.2. The number of aromatic carboxylic acids is 1. The minimum atomic E-state index is -1.04. The molecule has 3 amide bonds. The molecule has 0 aliphatic carbocycles. The van der Waals surface area contributed by atoms with Crippen molar-refractivity contribution >= 4 is 46.5 Å². The Labute approximate surface area is 208 Å². The van der Waals surface area contributed by atoms with E-state index in [0.717, 1.165) is 4.90 Å². The number of hydrogen-bond donors (Lipinski definition) is 2. The van der Waals surface area contributed by atoms with Crippen LogP contribution in [0.15, 0.2) is 57.9 Å². The van der Waals surface area contributed by atoms with Crippen LogP contribution in [-0.2, 0) is 9.59 Å². The number of furan rings is 1. The number of imide groups is 1. The first-order valence-electron chi connectivity index (χ1n) is 10.7. The van der Waals surface area contributed by atoms with Gasteiger partial charge in [-0.1, -0.05) is 12.1 Å². The molecule has 0 radical (unpaired) electrons. The minimum Gasteiger partial charge on any atom is -0.478 e. The van der Waals surface area contributed by atoms with Crippen molar-refractivity contribution in [3.05, 3.63) is 70.3 Å². The second-order valence-electron chi connectivity index (χ2n) is 7.87. The van der Waals surface area contributed by atoms with Crippen LogP contribution in [0.2, 0.25) is 0 Å². The fourth-order valence-electron chi connectivity index (χ4n) is 3.79. The first-order chi connectivity index (χ1) is 17.3. The van der Waals surface area contributed by atoms with E-state index in [9.17, 15) is 24.3 Å². The van der Waals surface area contributed by atoms with Gasteiger partial charge in [0.05, 0.1) is 10.5 Å². The molecular formula is C25H18N2O8S. The van der Waals surface area contributed by atoms with Crippen molar-refractivity contribution < 1.29 is 38.2 Å². The quantitative estimate of drug-likeness (QED) is 0.468. The third-order valence-corrected chi connectivity index (χ3v) is 6.47. The molecule has 1 fully saturated rings. The fraction of sp³-hybridized carbons (Fsp3) is 0.120. The van der Waals surface area contributed by atoms with Crippen LogP contribution in [-0.4, -0.2) is 46.4 Å². The molecule has 36 heavy (non-hydrogen) atoms. The van der Waals surface area contributed by atoms with Gasteiger partial charge >= 0.3 is 5.97 Å². The summed E-state index contributed by atoms with van der Waals surface area (Å²) >= 11 is 0.700. The number of anilines is 1. The highest BCUT2D eigenvalue weighted by molar-refractivity contribution is 8.18.